The maximum absolute atomic E-state index is 14.0. The molecule has 1 spiro atoms. The number of fused-ring (bicyclic) bond motifs is 2. The Labute approximate surface area is 251 Å². The number of methoxy groups -OCH3 is 3. The molecule has 0 aromatic heterocycles. The SMILES string of the molecule is CCN1C[C@]2(OC(=O)c3ccccc3NC(C)=O)CC[C@H](OC)[C@@]34[C@@H]2C[C@@H]([C@@H]13)[C@@]1(O)C[C@H](OC)[C@H]2C[C@]4(O)[C@]1(O)[C@H]2OC. The molecule has 1 heterocycles. The first-order chi connectivity index (χ1) is 20.4. The van der Waals surface area contributed by atoms with Crippen molar-refractivity contribution < 1.29 is 43.9 Å². The van der Waals surface area contributed by atoms with Crippen molar-refractivity contribution in [3.05, 3.63) is 29.8 Å². The average molecular weight is 601 g/mol. The summed E-state index contributed by atoms with van der Waals surface area (Å²) in [5, 5.41) is 41.7. The number of nitrogens with zero attached hydrogens (tertiary/aromatic N) is 1. The largest absolute Gasteiger partial charge is 0.454 e. The van der Waals surface area contributed by atoms with Gasteiger partial charge in [-0.3, -0.25) is 9.69 Å². The molecule has 5 aliphatic carbocycles. The van der Waals surface area contributed by atoms with E-state index in [2.05, 4.69) is 10.2 Å². The van der Waals surface area contributed by atoms with E-state index in [1.54, 1.807) is 38.5 Å². The number of esters is 1. The fraction of sp³-hybridized carbons (Fsp3) is 0.750. The number of piperidine rings is 1. The molecule has 1 aromatic rings. The molecular formula is C32H44N2O9. The first-order valence-electron chi connectivity index (χ1n) is 15.5. The van der Waals surface area contributed by atoms with Crippen LogP contribution < -0.4 is 5.32 Å². The highest BCUT2D eigenvalue weighted by molar-refractivity contribution is 6.00. The highest BCUT2D eigenvalue weighted by Crippen LogP contribution is 2.80. The summed E-state index contributed by atoms with van der Waals surface area (Å²) < 4.78 is 24.7. The predicted molar refractivity (Wildman–Crippen MR) is 153 cm³/mol. The van der Waals surface area contributed by atoms with Gasteiger partial charge in [0.15, 0.2) is 0 Å². The minimum absolute atomic E-state index is 0.162. The van der Waals surface area contributed by atoms with Crippen LogP contribution in [-0.2, 0) is 23.7 Å². The molecule has 1 amide bonds. The van der Waals surface area contributed by atoms with Gasteiger partial charge in [-0.15, -0.1) is 0 Å². The number of benzene rings is 1. The Morgan fingerprint density at radius 3 is 2.47 bits per heavy atom. The van der Waals surface area contributed by atoms with Crippen molar-refractivity contribution in [3.63, 3.8) is 0 Å². The quantitative estimate of drug-likeness (QED) is 0.338. The van der Waals surface area contributed by atoms with Gasteiger partial charge in [0.05, 0.1) is 35.0 Å². The fourth-order valence-electron chi connectivity index (χ4n) is 11.6. The number of hydrogen-bond donors (Lipinski definition) is 4. The van der Waals surface area contributed by atoms with Crippen LogP contribution in [0.15, 0.2) is 24.3 Å². The second kappa shape index (κ2) is 9.45. The molecule has 6 fully saturated rings. The van der Waals surface area contributed by atoms with Gasteiger partial charge in [-0.25, -0.2) is 4.79 Å². The molecule has 1 aliphatic heterocycles. The first kappa shape index (κ1) is 29.6. The van der Waals surface area contributed by atoms with Gasteiger partial charge in [0.1, 0.15) is 22.4 Å². The third-order valence-corrected chi connectivity index (χ3v) is 12.7. The maximum Gasteiger partial charge on any atom is 0.340 e. The van der Waals surface area contributed by atoms with E-state index in [9.17, 15) is 24.9 Å². The molecule has 43 heavy (non-hydrogen) atoms. The third kappa shape index (κ3) is 3.19. The van der Waals surface area contributed by atoms with Gasteiger partial charge >= 0.3 is 5.97 Å². The summed E-state index contributed by atoms with van der Waals surface area (Å²) >= 11 is 0. The topological polar surface area (TPSA) is 147 Å². The number of carbonyl (C=O) groups is 2. The number of hydrogen-bond acceptors (Lipinski definition) is 10. The molecule has 6 aliphatic rings. The number of anilines is 1. The minimum atomic E-state index is -1.98. The lowest BCUT2D eigenvalue weighted by Gasteiger charge is -2.73. The number of ether oxygens (including phenoxy) is 4. The van der Waals surface area contributed by atoms with Gasteiger partial charge in [0, 0.05) is 65.0 Å². The summed E-state index contributed by atoms with van der Waals surface area (Å²) in [6.45, 7) is 4.44. The summed E-state index contributed by atoms with van der Waals surface area (Å²) in [5.41, 5.74) is -7.00. The Hall–Kier alpha value is -2.12. The summed E-state index contributed by atoms with van der Waals surface area (Å²) in [5.74, 6) is -2.08. The Balaban J connectivity index is 1.41. The zero-order chi connectivity index (χ0) is 30.7. The second-order valence-corrected chi connectivity index (χ2v) is 13.8. The summed E-state index contributed by atoms with van der Waals surface area (Å²) in [6, 6.07) is 6.45. The number of aliphatic hydroxyl groups is 3. The first-order valence-corrected chi connectivity index (χ1v) is 15.5. The molecule has 12 atom stereocenters. The predicted octanol–water partition coefficient (Wildman–Crippen LogP) is 1.34. The lowest BCUT2D eigenvalue weighted by molar-refractivity contribution is -0.384. The molecule has 236 valence electrons. The standard InChI is InChI=1S/C32H44N2O9/c1-6-34-16-28(43-27(36)18-9-7-8-10-21(18)33-17(2)35)12-11-24(41-4)31-23(28)13-20(25(31)34)29(37)15-22(40-3)19-14-30(31,38)32(29,39)26(19)42-5/h7-10,19-20,22-26,37-39H,6,11-16H2,1-5H3,(H,33,35)/t19-,20+,22+,23-,24+,25-,26+,28-,29+,30-,31+,32+/m1/s1. The smallest absolute Gasteiger partial charge is 0.340 e. The zero-order valence-electron chi connectivity index (χ0n) is 25.5. The number of nitrogens with one attached hydrogen (secondary N) is 1. The third-order valence-electron chi connectivity index (χ3n) is 12.7. The van der Waals surface area contributed by atoms with Crippen LogP contribution in [-0.4, -0.2) is 113 Å². The van der Waals surface area contributed by atoms with Crippen LogP contribution in [0.3, 0.4) is 0 Å². The number of likely N-dealkylation sites (tertiary alicyclic amines) is 1. The lowest BCUT2D eigenvalue weighted by atomic mass is 9.42. The van der Waals surface area contributed by atoms with Gasteiger partial charge in [0.2, 0.25) is 5.91 Å². The monoisotopic (exact) mass is 600 g/mol. The van der Waals surface area contributed by atoms with Crippen LogP contribution in [0, 0.1) is 23.2 Å². The van der Waals surface area contributed by atoms with Crippen LogP contribution >= 0.6 is 0 Å². The van der Waals surface area contributed by atoms with E-state index < -0.39 is 63.9 Å². The average Bonchev–Trinajstić information content (AvgIpc) is 3.38. The van der Waals surface area contributed by atoms with E-state index >= 15 is 0 Å². The molecule has 11 nitrogen and oxygen atoms in total. The lowest BCUT2D eigenvalue weighted by Crippen LogP contribution is -2.89. The minimum Gasteiger partial charge on any atom is -0.454 e. The highest BCUT2D eigenvalue weighted by Gasteiger charge is 2.94. The van der Waals surface area contributed by atoms with Gasteiger partial charge < -0.3 is 39.6 Å². The molecule has 7 bridgehead atoms. The molecule has 0 unspecified atom stereocenters. The van der Waals surface area contributed by atoms with E-state index in [1.165, 1.54) is 14.0 Å². The Morgan fingerprint density at radius 1 is 1.07 bits per heavy atom. The molecule has 4 N–H and O–H groups in total. The van der Waals surface area contributed by atoms with Crippen LogP contribution in [0.2, 0.25) is 0 Å². The van der Waals surface area contributed by atoms with Crippen LogP contribution in [0.25, 0.3) is 0 Å². The zero-order valence-corrected chi connectivity index (χ0v) is 25.5. The van der Waals surface area contributed by atoms with E-state index in [-0.39, 0.29) is 36.3 Å². The van der Waals surface area contributed by atoms with Crippen LogP contribution in [0.4, 0.5) is 5.69 Å². The second-order valence-electron chi connectivity index (χ2n) is 13.8. The molecule has 1 aromatic carbocycles. The summed E-state index contributed by atoms with van der Waals surface area (Å²) in [6.07, 6.45) is 0.0340. The molecule has 0 radical (unpaired) electrons. The van der Waals surface area contributed by atoms with Gasteiger partial charge in [-0.2, -0.15) is 0 Å². The van der Waals surface area contributed by atoms with Crippen molar-refractivity contribution in [2.45, 2.75) is 92.7 Å². The van der Waals surface area contributed by atoms with E-state index in [4.69, 9.17) is 18.9 Å². The number of amides is 1. The Bertz CT molecular complexity index is 1340. The van der Waals surface area contributed by atoms with Crippen molar-refractivity contribution in [2.24, 2.45) is 23.2 Å². The van der Waals surface area contributed by atoms with Crippen molar-refractivity contribution >= 4 is 17.6 Å². The van der Waals surface area contributed by atoms with E-state index in [0.717, 1.165) is 0 Å². The van der Waals surface area contributed by atoms with Crippen molar-refractivity contribution in [1.29, 1.82) is 0 Å². The van der Waals surface area contributed by atoms with Crippen LogP contribution in [0.1, 0.15) is 56.3 Å². The van der Waals surface area contributed by atoms with Gasteiger partial charge in [-0.1, -0.05) is 19.1 Å². The van der Waals surface area contributed by atoms with Crippen molar-refractivity contribution in [3.8, 4) is 0 Å². The van der Waals surface area contributed by atoms with Gasteiger partial charge in [0.25, 0.3) is 0 Å². The molecule has 5 saturated carbocycles. The summed E-state index contributed by atoms with van der Waals surface area (Å²) in [7, 11) is 4.76. The molecule has 11 heteroatoms. The van der Waals surface area contributed by atoms with Crippen molar-refractivity contribution in [2.75, 3.05) is 39.7 Å². The molecular weight excluding hydrogens is 556 g/mol. The molecule has 1 saturated heterocycles. The number of rotatable bonds is 7. The number of para-hydroxylation sites is 1. The van der Waals surface area contributed by atoms with Crippen LogP contribution in [0.5, 0.6) is 0 Å². The molecule has 7 rings (SSSR count). The number of likely N-dealkylation sites (N-methyl/N-ethyl adjacent to an activating group) is 1. The number of carbonyl (C=O) groups excluding carboxylic acids is 2. The van der Waals surface area contributed by atoms with E-state index in [1.807, 2.05) is 6.92 Å². The maximum atomic E-state index is 14.0. The van der Waals surface area contributed by atoms with E-state index in [0.29, 0.717) is 38.0 Å². The summed E-state index contributed by atoms with van der Waals surface area (Å²) in [4.78, 5) is 28.2. The Kier molecular flexibility index (Phi) is 6.50. The van der Waals surface area contributed by atoms with Gasteiger partial charge in [-0.05, 0) is 44.4 Å². The Morgan fingerprint density at radius 2 is 1.81 bits per heavy atom. The van der Waals surface area contributed by atoms with Crippen molar-refractivity contribution in [1.82, 2.24) is 4.90 Å². The highest BCUT2D eigenvalue weighted by atomic mass is 16.6. The fourth-order valence-corrected chi connectivity index (χ4v) is 11.6. The normalized spacial score (nSPS) is 49.1.